The van der Waals surface area contributed by atoms with Gasteiger partial charge in [-0.2, -0.15) is 11.3 Å². The average molecular weight is 238 g/mol. The molecule has 1 aromatic carbocycles. The standard InChI is InChI=1S/C12H12ClNS/c1-9-2-3-12(11(13)6-9)14-7-10-4-5-15-8-10/h2-6,8,14H,7H2,1H3. The predicted octanol–water partition coefficient (Wildman–Crippen LogP) is 4.32. The van der Waals surface area contributed by atoms with E-state index in [4.69, 9.17) is 11.6 Å². The lowest BCUT2D eigenvalue weighted by molar-refractivity contribution is 1.16. The molecule has 1 aromatic heterocycles. The van der Waals surface area contributed by atoms with Crippen LogP contribution in [0.1, 0.15) is 11.1 Å². The number of anilines is 1. The van der Waals surface area contributed by atoms with E-state index in [0.29, 0.717) is 0 Å². The van der Waals surface area contributed by atoms with E-state index in [1.807, 2.05) is 19.1 Å². The van der Waals surface area contributed by atoms with Crippen molar-refractivity contribution in [1.29, 1.82) is 0 Å². The van der Waals surface area contributed by atoms with Crippen LogP contribution in [0.3, 0.4) is 0 Å². The zero-order valence-electron chi connectivity index (χ0n) is 8.46. The Kier molecular flexibility index (Phi) is 3.29. The molecule has 2 aromatic rings. The lowest BCUT2D eigenvalue weighted by Gasteiger charge is -2.07. The molecule has 15 heavy (non-hydrogen) atoms. The van der Waals surface area contributed by atoms with E-state index in [1.165, 1.54) is 11.1 Å². The van der Waals surface area contributed by atoms with Gasteiger partial charge in [-0.05, 0) is 47.0 Å². The summed E-state index contributed by atoms with van der Waals surface area (Å²) in [7, 11) is 0. The van der Waals surface area contributed by atoms with Crippen molar-refractivity contribution in [3.63, 3.8) is 0 Å². The van der Waals surface area contributed by atoms with Crippen molar-refractivity contribution in [1.82, 2.24) is 0 Å². The van der Waals surface area contributed by atoms with E-state index in [2.05, 4.69) is 28.2 Å². The molecule has 0 saturated heterocycles. The Labute approximate surface area is 98.7 Å². The monoisotopic (exact) mass is 237 g/mol. The molecule has 0 aliphatic heterocycles. The molecule has 0 saturated carbocycles. The maximum Gasteiger partial charge on any atom is 0.0640 e. The number of hydrogen-bond acceptors (Lipinski definition) is 2. The van der Waals surface area contributed by atoms with Crippen molar-refractivity contribution < 1.29 is 0 Å². The van der Waals surface area contributed by atoms with Crippen LogP contribution in [0.2, 0.25) is 5.02 Å². The van der Waals surface area contributed by atoms with Crippen LogP contribution in [0.25, 0.3) is 0 Å². The smallest absolute Gasteiger partial charge is 0.0640 e. The first-order valence-corrected chi connectivity index (χ1v) is 6.09. The molecule has 0 radical (unpaired) electrons. The topological polar surface area (TPSA) is 12.0 Å². The van der Waals surface area contributed by atoms with E-state index in [0.717, 1.165) is 17.3 Å². The minimum atomic E-state index is 0.783. The SMILES string of the molecule is Cc1ccc(NCc2ccsc2)c(Cl)c1. The minimum Gasteiger partial charge on any atom is -0.380 e. The zero-order chi connectivity index (χ0) is 10.7. The number of aryl methyl sites for hydroxylation is 1. The second-order valence-corrected chi connectivity index (χ2v) is 4.66. The Balaban J connectivity index is 2.05. The molecule has 0 bridgehead atoms. The lowest BCUT2D eigenvalue weighted by atomic mass is 10.2. The molecule has 0 aliphatic rings. The summed E-state index contributed by atoms with van der Waals surface area (Å²) in [6.45, 7) is 2.86. The number of hydrogen-bond donors (Lipinski definition) is 1. The van der Waals surface area contributed by atoms with E-state index in [-0.39, 0.29) is 0 Å². The fourth-order valence-electron chi connectivity index (χ4n) is 1.35. The highest BCUT2D eigenvalue weighted by Crippen LogP contribution is 2.23. The van der Waals surface area contributed by atoms with Crippen molar-refractivity contribution in [2.75, 3.05) is 5.32 Å². The van der Waals surface area contributed by atoms with Gasteiger partial charge in [0.2, 0.25) is 0 Å². The average Bonchev–Trinajstić information content (AvgIpc) is 2.69. The predicted molar refractivity (Wildman–Crippen MR) is 67.8 cm³/mol. The van der Waals surface area contributed by atoms with Crippen molar-refractivity contribution in [3.8, 4) is 0 Å². The van der Waals surface area contributed by atoms with Crippen LogP contribution in [0, 0.1) is 6.92 Å². The van der Waals surface area contributed by atoms with Crippen molar-refractivity contribution in [2.45, 2.75) is 13.5 Å². The molecular formula is C12H12ClNS. The van der Waals surface area contributed by atoms with Crippen LogP contribution in [-0.4, -0.2) is 0 Å². The normalized spacial score (nSPS) is 10.3. The second-order valence-electron chi connectivity index (χ2n) is 3.47. The van der Waals surface area contributed by atoms with Gasteiger partial charge in [0, 0.05) is 6.54 Å². The Bertz CT molecular complexity index is 437. The number of nitrogens with one attached hydrogen (secondary N) is 1. The highest BCUT2D eigenvalue weighted by Gasteiger charge is 1.99. The van der Waals surface area contributed by atoms with Crippen molar-refractivity contribution in [3.05, 3.63) is 51.2 Å². The molecule has 0 aliphatic carbocycles. The molecule has 0 amide bonds. The molecule has 2 rings (SSSR count). The van der Waals surface area contributed by atoms with Gasteiger partial charge in [0.25, 0.3) is 0 Å². The van der Waals surface area contributed by atoms with Gasteiger partial charge in [0.15, 0.2) is 0 Å². The minimum absolute atomic E-state index is 0.783. The van der Waals surface area contributed by atoms with Gasteiger partial charge < -0.3 is 5.32 Å². The summed E-state index contributed by atoms with van der Waals surface area (Å²) in [5.41, 5.74) is 3.46. The van der Waals surface area contributed by atoms with Crippen LogP contribution in [0.5, 0.6) is 0 Å². The first-order valence-electron chi connectivity index (χ1n) is 4.77. The number of halogens is 1. The Hall–Kier alpha value is -0.990. The Morgan fingerprint density at radius 3 is 2.87 bits per heavy atom. The zero-order valence-corrected chi connectivity index (χ0v) is 10.0. The fourth-order valence-corrected chi connectivity index (χ4v) is 2.32. The summed E-state index contributed by atoms with van der Waals surface area (Å²) < 4.78 is 0. The van der Waals surface area contributed by atoms with Crippen LogP contribution >= 0.6 is 22.9 Å². The van der Waals surface area contributed by atoms with E-state index < -0.39 is 0 Å². The molecule has 78 valence electrons. The first kappa shape index (κ1) is 10.5. The molecule has 0 unspecified atom stereocenters. The van der Waals surface area contributed by atoms with E-state index in [9.17, 15) is 0 Å². The van der Waals surface area contributed by atoms with Crippen molar-refractivity contribution in [2.24, 2.45) is 0 Å². The third kappa shape index (κ3) is 2.74. The molecule has 0 fully saturated rings. The molecule has 1 heterocycles. The van der Waals surface area contributed by atoms with Crippen LogP contribution in [0.15, 0.2) is 35.0 Å². The number of thiophene rings is 1. The van der Waals surface area contributed by atoms with Crippen LogP contribution < -0.4 is 5.32 Å². The summed E-state index contributed by atoms with van der Waals surface area (Å²) in [6, 6.07) is 8.16. The summed E-state index contributed by atoms with van der Waals surface area (Å²) in [6.07, 6.45) is 0. The van der Waals surface area contributed by atoms with Gasteiger partial charge in [0.1, 0.15) is 0 Å². The fraction of sp³-hybridized carbons (Fsp3) is 0.167. The number of rotatable bonds is 3. The molecule has 1 N–H and O–H groups in total. The quantitative estimate of drug-likeness (QED) is 0.838. The molecular weight excluding hydrogens is 226 g/mol. The van der Waals surface area contributed by atoms with Gasteiger partial charge in [-0.25, -0.2) is 0 Å². The highest BCUT2D eigenvalue weighted by molar-refractivity contribution is 7.07. The van der Waals surface area contributed by atoms with Gasteiger partial charge in [0.05, 0.1) is 10.7 Å². The molecule has 3 heteroatoms. The molecule has 0 spiro atoms. The Morgan fingerprint density at radius 2 is 2.20 bits per heavy atom. The second kappa shape index (κ2) is 4.69. The highest BCUT2D eigenvalue weighted by atomic mass is 35.5. The van der Waals surface area contributed by atoms with Crippen molar-refractivity contribution >= 4 is 28.6 Å². The maximum atomic E-state index is 6.11. The van der Waals surface area contributed by atoms with E-state index >= 15 is 0 Å². The largest absolute Gasteiger partial charge is 0.380 e. The van der Waals surface area contributed by atoms with Gasteiger partial charge in [-0.1, -0.05) is 17.7 Å². The van der Waals surface area contributed by atoms with Gasteiger partial charge in [-0.3, -0.25) is 0 Å². The first-order chi connectivity index (χ1) is 7.25. The van der Waals surface area contributed by atoms with Gasteiger partial charge >= 0.3 is 0 Å². The summed E-state index contributed by atoms with van der Waals surface area (Å²) in [4.78, 5) is 0. The third-order valence-corrected chi connectivity index (χ3v) is 3.23. The number of benzene rings is 1. The summed E-state index contributed by atoms with van der Waals surface area (Å²) >= 11 is 7.82. The molecule has 0 atom stereocenters. The third-order valence-electron chi connectivity index (χ3n) is 2.19. The lowest BCUT2D eigenvalue weighted by Crippen LogP contribution is -1.98. The maximum absolute atomic E-state index is 6.11. The van der Waals surface area contributed by atoms with Gasteiger partial charge in [-0.15, -0.1) is 0 Å². The Morgan fingerprint density at radius 1 is 1.33 bits per heavy atom. The van der Waals surface area contributed by atoms with Crippen LogP contribution in [0.4, 0.5) is 5.69 Å². The molecule has 1 nitrogen and oxygen atoms in total. The van der Waals surface area contributed by atoms with E-state index in [1.54, 1.807) is 11.3 Å². The van der Waals surface area contributed by atoms with Crippen LogP contribution in [-0.2, 0) is 6.54 Å². The summed E-state index contributed by atoms with van der Waals surface area (Å²) in [5, 5.41) is 8.31. The summed E-state index contributed by atoms with van der Waals surface area (Å²) in [5.74, 6) is 0.